The standard InChI is InChI=1S/C14H22N2O2S2/c1-5-9(2)10-11(12(17)18)20-13(15-10)16-6-7-19-14(3,4)8-16/h9H,5-8H2,1-4H3,(H,17,18). The number of carbonyl (C=O) groups is 1. The van der Waals surface area contributed by atoms with E-state index in [1.807, 2.05) is 18.7 Å². The van der Waals surface area contributed by atoms with E-state index in [1.54, 1.807) is 0 Å². The molecule has 1 N–H and O–H groups in total. The summed E-state index contributed by atoms with van der Waals surface area (Å²) in [7, 11) is 0. The van der Waals surface area contributed by atoms with Gasteiger partial charge in [-0.05, 0) is 26.2 Å². The van der Waals surface area contributed by atoms with E-state index < -0.39 is 5.97 Å². The largest absolute Gasteiger partial charge is 0.477 e. The predicted octanol–water partition coefficient (Wildman–Crippen LogP) is 3.69. The van der Waals surface area contributed by atoms with E-state index >= 15 is 0 Å². The van der Waals surface area contributed by atoms with Crippen molar-refractivity contribution >= 4 is 34.2 Å². The van der Waals surface area contributed by atoms with Gasteiger partial charge in [-0.15, -0.1) is 0 Å². The highest BCUT2D eigenvalue weighted by Crippen LogP contribution is 2.37. The molecule has 1 atom stereocenters. The number of carboxylic acids is 1. The molecule has 0 bridgehead atoms. The van der Waals surface area contributed by atoms with Crippen LogP contribution in [0.25, 0.3) is 0 Å². The lowest BCUT2D eigenvalue weighted by molar-refractivity contribution is 0.0700. The van der Waals surface area contributed by atoms with Gasteiger partial charge in [-0.1, -0.05) is 25.2 Å². The molecule has 1 fully saturated rings. The van der Waals surface area contributed by atoms with E-state index in [-0.39, 0.29) is 10.7 Å². The first-order chi connectivity index (χ1) is 9.34. The summed E-state index contributed by atoms with van der Waals surface area (Å²) in [6.07, 6.45) is 0.908. The van der Waals surface area contributed by atoms with Gasteiger partial charge < -0.3 is 10.0 Å². The Bertz CT molecular complexity index is 499. The second-order valence-corrected chi connectivity index (χ2v) is 8.63. The third kappa shape index (κ3) is 3.28. The second kappa shape index (κ2) is 5.93. The topological polar surface area (TPSA) is 53.4 Å². The maximum Gasteiger partial charge on any atom is 0.347 e. The van der Waals surface area contributed by atoms with Crippen molar-refractivity contribution in [2.24, 2.45) is 0 Å². The summed E-state index contributed by atoms with van der Waals surface area (Å²) in [6.45, 7) is 10.4. The molecule has 0 aromatic carbocycles. The highest BCUT2D eigenvalue weighted by atomic mass is 32.2. The van der Waals surface area contributed by atoms with E-state index in [2.05, 4.69) is 30.7 Å². The molecule has 6 heteroatoms. The Morgan fingerprint density at radius 2 is 2.25 bits per heavy atom. The molecule has 1 aliphatic rings. The molecule has 1 aromatic heterocycles. The summed E-state index contributed by atoms with van der Waals surface area (Å²) >= 11 is 3.29. The van der Waals surface area contributed by atoms with Gasteiger partial charge >= 0.3 is 5.97 Å². The quantitative estimate of drug-likeness (QED) is 0.918. The summed E-state index contributed by atoms with van der Waals surface area (Å²) < 4.78 is 0.198. The number of aromatic carboxylic acids is 1. The molecule has 0 saturated carbocycles. The molecule has 4 nitrogen and oxygen atoms in total. The first-order valence-electron chi connectivity index (χ1n) is 6.97. The number of thioether (sulfide) groups is 1. The molecule has 20 heavy (non-hydrogen) atoms. The summed E-state index contributed by atoms with van der Waals surface area (Å²) in [5, 5.41) is 10.2. The average Bonchev–Trinajstić information content (AvgIpc) is 2.81. The molecule has 1 aliphatic heterocycles. The maximum absolute atomic E-state index is 11.4. The van der Waals surface area contributed by atoms with Crippen molar-refractivity contribution in [3.05, 3.63) is 10.6 Å². The molecular weight excluding hydrogens is 292 g/mol. The van der Waals surface area contributed by atoms with Gasteiger partial charge in [0.15, 0.2) is 5.13 Å². The normalized spacial score (nSPS) is 19.9. The van der Waals surface area contributed by atoms with Crippen LogP contribution >= 0.6 is 23.1 Å². The fraction of sp³-hybridized carbons (Fsp3) is 0.714. The van der Waals surface area contributed by atoms with E-state index in [0.29, 0.717) is 4.88 Å². The van der Waals surface area contributed by atoms with Crippen molar-refractivity contribution in [2.45, 2.75) is 44.8 Å². The van der Waals surface area contributed by atoms with Gasteiger partial charge in [0.25, 0.3) is 0 Å². The van der Waals surface area contributed by atoms with Crippen LogP contribution in [0.1, 0.15) is 55.4 Å². The minimum atomic E-state index is -0.852. The van der Waals surface area contributed by atoms with Gasteiger partial charge in [-0.3, -0.25) is 0 Å². The molecule has 1 aromatic rings. The summed E-state index contributed by atoms with van der Waals surface area (Å²) in [4.78, 5) is 18.7. The minimum absolute atomic E-state index is 0.193. The van der Waals surface area contributed by atoms with Crippen molar-refractivity contribution < 1.29 is 9.90 Å². The highest BCUT2D eigenvalue weighted by Gasteiger charge is 2.30. The molecule has 0 radical (unpaired) electrons. The number of hydrogen-bond donors (Lipinski definition) is 1. The predicted molar refractivity (Wildman–Crippen MR) is 86.5 cm³/mol. The molecule has 1 saturated heterocycles. The summed E-state index contributed by atoms with van der Waals surface area (Å²) in [5.41, 5.74) is 0.746. The Kier molecular flexibility index (Phi) is 4.64. The zero-order valence-corrected chi connectivity index (χ0v) is 14.1. The lowest BCUT2D eigenvalue weighted by atomic mass is 10.0. The Balaban J connectivity index is 2.31. The van der Waals surface area contributed by atoms with Crippen LogP contribution < -0.4 is 4.90 Å². The van der Waals surface area contributed by atoms with Crippen LogP contribution in [-0.2, 0) is 0 Å². The Morgan fingerprint density at radius 3 is 2.80 bits per heavy atom. The van der Waals surface area contributed by atoms with Gasteiger partial charge in [-0.25, -0.2) is 9.78 Å². The SMILES string of the molecule is CCC(C)c1nc(N2CCSC(C)(C)C2)sc1C(=O)O. The maximum atomic E-state index is 11.4. The van der Waals surface area contributed by atoms with Gasteiger partial charge in [0, 0.05) is 23.6 Å². The van der Waals surface area contributed by atoms with Crippen LogP contribution in [0.5, 0.6) is 0 Å². The fourth-order valence-electron chi connectivity index (χ4n) is 2.32. The first-order valence-corrected chi connectivity index (χ1v) is 8.77. The molecule has 2 heterocycles. The third-order valence-electron chi connectivity index (χ3n) is 3.61. The number of anilines is 1. The van der Waals surface area contributed by atoms with Gasteiger partial charge in [0.2, 0.25) is 0 Å². The minimum Gasteiger partial charge on any atom is -0.477 e. The zero-order chi connectivity index (χ0) is 14.9. The Labute approximate surface area is 128 Å². The molecule has 112 valence electrons. The lowest BCUT2D eigenvalue weighted by Gasteiger charge is -2.37. The summed E-state index contributed by atoms with van der Waals surface area (Å²) in [6, 6.07) is 0. The zero-order valence-electron chi connectivity index (χ0n) is 12.5. The van der Waals surface area contributed by atoms with E-state index in [1.165, 1.54) is 11.3 Å². The average molecular weight is 314 g/mol. The number of nitrogens with zero attached hydrogens (tertiary/aromatic N) is 2. The van der Waals surface area contributed by atoms with Crippen molar-refractivity contribution in [3.8, 4) is 0 Å². The number of rotatable bonds is 4. The molecule has 0 aliphatic carbocycles. The van der Waals surface area contributed by atoms with Crippen molar-refractivity contribution in [1.29, 1.82) is 0 Å². The highest BCUT2D eigenvalue weighted by molar-refractivity contribution is 8.00. The summed E-state index contributed by atoms with van der Waals surface area (Å²) in [5.74, 6) is 0.404. The van der Waals surface area contributed by atoms with Crippen LogP contribution in [0.2, 0.25) is 0 Å². The van der Waals surface area contributed by atoms with Crippen molar-refractivity contribution in [1.82, 2.24) is 4.98 Å². The smallest absolute Gasteiger partial charge is 0.347 e. The molecule has 1 unspecified atom stereocenters. The number of carboxylic acid groups (broad SMARTS) is 1. The molecule has 0 spiro atoms. The monoisotopic (exact) mass is 314 g/mol. The van der Waals surface area contributed by atoms with Gasteiger partial charge in [-0.2, -0.15) is 11.8 Å². The number of thiazole rings is 1. The third-order valence-corrected chi connectivity index (χ3v) is 6.03. The Morgan fingerprint density at radius 1 is 1.55 bits per heavy atom. The van der Waals surface area contributed by atoms with Crippen molar-refractivity contribution in [3.63, 3.8) is 0 Å². The first kappa shape index (κ1) is 15.6. The van der Waals surface area contributed by atoms with Gasteiger partial charge in [0.1, 0.15) is 4.88 Å². The molecular formula is C14H22N2O2S2. The van der Waals surface area contributed by atoms with Crippen molar-refractivity contribution in [2.75, 3.05) is 23.7 Å². The van der Waals surface area contributed by atoms with Gasteiger partial charge in [0.05, 0.1) is 5.69 Å². The van der Waals surface area contributed by atoms with E-state index in [4.69, 9.17) is 0 Å². The van der Waals surface area contributed by atoms with Crippen LogP contribution in [0.15, 0.2) is 0 Å². The lowest BCUT2D eigenvalue weighted by Crippen LogP contribution is -2.43. The molecule has 2 rings (SSSR count). The molecule has 0 amide bonds. The van der Waals surface area contributed by atoms with E-state index in [0.717, 1.165) is 36.1 Å². The second-order valence-electron chi connectivity index (χ2n) is 5.85. The number of hydrogen-bond acceptors (Lipinski definition) is 5. The van der Waals surface area contributed by atoms with Crippen LogP contribution in [0.3, 0.4) is 0 Å². The van der Waals surface area contributed by atoms with Crippen LogP contribution in [0.4, 0.5) is 5.13 Å². The fourth-order valence-corrected chi connectivity index (χ4v) is 4.48. The number of aromatic nitrogens is 1. The van der Waals surface area contributed by atoms with Crippen LogP contribution in [-0.4, -0.2) is 39.6 Å². The van der Waals surface area contributed by atoms with E-state index in [9.17, 15) is 9.90 Å². The Hall–Kier alpha value is -0.750. The van der Waals surface area contributed by atoms with Crippen LogP contribution in [0, 0.1) is 0 Å².